The molecule has 2 heterocycles. The van der Waals surface area contributed by atoms with Crippen molar-refractivity contribution in [3.63, 3.8) is 0 Å². The Kier molecular flexibility index (Phi) is 6.45. The fourth-order valence-corrected chi connectivity index (χ4v) is 4.57. The highest BCUT2D eigenvalue weighted by Gasteiger charge is 2.34. The summed E-state index contributed by atoms with van der Waals surface area (Å²) in [5.41, 5.74) is 0.468. The molecule has 29 heavy (non-hydrogen) atoms. The quantitative estimate of drug-likeness (QED) is 0.473. The number of methoxy groups -OCH3 is 1. The first-order valence-electron chi connectivity index (χ1n) is 8.65. The fraction of sp³-hybridized carbons (Fsp3) is 0.263. The van der Waals surface area contributed by atoms with E-state index < -0.39 is 35.6 Å². The molecule has 0 spiro atoms. The van der Waals surface area contributed by atoms with Crippen molar-refractivity contribution in [2.75, 3.05) is 17.7 Å². The maximum Gasteiger partial charge on any atom is 0.340 e. The van der Waals surface area contributed by atoms with E-state index in [-0.39, 0.29) is 11.1 Å². The first-order valence-corrected chi connectivity index (χ1v) is 10.4. The summed E-state index contributed by atoms with van der Waals surface area (Å²) in [4.78, 5) is 48.5. The predicted octanol–water partition coefficient (Wildman–Crippen LogP) is 3.45. The van der Waals surface area contributed by atoms with Crippen molar-refractivity contribution in [3.8, 4) is 0 Å². The van der Waals surface area contributed by atoms with Crippen LogP contribution in [0.4, 0.5) is 10.0 Å². The molecule has 2 atom stereocenters. The lowest BCUT2D eigenvalue weighted by molar-refractivity contribution is -0.146. The monoisotopic (exact) mass is 434 g/mol. The van der Waals surface area contributed by atoms with Crippen molar-refractivity contribution in [2.24, 2.45) is 11.8 Å². The summed E-state index contributed by atoms with van der Waals surface area (Å²) in [6.07, 6.45) is 4.16. The van der Waals surface area contributed by atoms with Crippen LogP contribution in [-0.2, 0) is 14.3 Å². The number of anilines is 2. The Bertz CT molecular complexity index is 977. The molecule has 0 radical (unpaired) electrons. The van der Waals surface area contributed by atoms with E-state index in [0.29, 0.717) is 22.8 Å². The SMILES string of the molecule is COC(=O)c1ccsc1NC(=O)c1ccsc1NC(=O)[C@H]1CC=CC[C@@H]1C(=O)O. The number of thiophene rings is 2. The number of allylic oxidation sites excluding steroid dienone is 2. The van der Waals surface area contributed by atoms with Gasteiger partial charge in [-0.1, -0.05) is 12.2 Å². The second kappa shape index (κ2) is 9.01. The normalized spacial score (nSPS) is 18.1. The Labute approximate surface area is 174 Å². The van der Waals surface area contributed by atoms with Crippen LogP contribution in [0.1, 0.15) is 33.6 Å². The van der Waals surface area contributed by atoms with E-state index in [1.54, 1.807) is 35.0 Å². The summed E-state index contributed by atoms with van der Waals surface area (Å²) in [5.74, 6) is -4.03. The van der Waals surface area contributed by atoms with Crippen molar-refractivity contribution in [1.29, 1.82) is 0 Å². The lowest BCUT2D eigenvalue weighted by Crippen LogP contribution is -2.34. The van der Waals surface area contributed by atoms with Crippen LogP contribution < -0.4 is 10.6 Å². The second-order valence-electron chi connectivity index (χ2n) is 6.26. The summed E-state index contributed by atoms with van der Waals surface area (Å²) >= 11 is 2.34. The van der Waals surface area contributed by atoms with Gasteiger partial charge in [-0.15, -0.1) is 22.7 Å². The number of hydrogen-bond acceptors (Lipinski definition) is 7. The van der Waals surface area contributed by atoms with E-state index in [0.717, 1.165) is 11.3 Å². The van der Waals surface area contributed by atoms with Crippen molar-refractivity contribution in [3.05, 3.63) is 46.2 Å². The van der Waals surface area contributed by atoms with Crippen LogP contribution in [0.2, 0.25) is 0 Å². The summed E-state index contributed by atoms with van der Waals surface area (Å²) < 4.78 is 4.69. The molecule has 0 saturated heterocycles. The highest BCUT2D eigenvalue weighted by atomic mass is 32.1. The van der Waals surface area contributed by atoms with Crippen LogP contribution in [0.25, 0.3) is 0 Å². The maximum absolute atomic E-state index is 12.7. The molecule has 2 aromatic rings. The third-order valence-electron chi connectivity index (χ3n) is 4.53. The minimum absolute atomic E-state index is 0.228. The van der Waals surface area contributed by atoms with Gasteiger partial charge in [0.15, 0.2) is 0 Å². The highest BCUT2D eigenvalue weighted by molar-refractivity contribution is 7.15. The predicted molar refractivity (Wildman–Crippen MR) is 110 cm³/mol. The van der Waals surface area contributed by atoms with Crippen molar-refractivity contribution < 1.29 is 29.0 Å². The Morgan fingerprint density at radius 3 is 2.17 bits per heavy atom. The average molecular weight is 434 g/mol. The molecule has 3 rings (SSSR count). The van der Waals surface area contributed by atoms with Gasteiger partial charge in [0.05, 0.1) is 30.1 Å². The molecule has 8 nitrogen and oxygen atoms in total. The molecule has 0 bridgehead atoms. The number of amides is 2. The van der Waals surface area contributed by atoms with Crippen molar-refractivity contribution >= 4 is 56.4 Å². The van der Waals surface area contributed by atoms with Crippen LogP contribution in [0.15, 0.2) is 35.0 Å². The van der Waals surface area contributed by atoms with Gasteiger partial charge in [-0.05, 0) is 35.7 Å². The molecule has 2 amide bonds. The number of hydrogen-bond donors (Lipinski definition) is 3. The minimum Gasteiger partial charge on any atom is -0.481 e. The van der Waals surface area contributed by atoms with Crippen LogP contribution in [0, 0.1) is 11.8 Å². The van der Waals surface area contributed by atoms with E-state index in [2.05, 4.69) is 15.4 Å². The van der Waals surface area contributed by atoms with E-state index in [1.807, 2.05) is 0 Å². The zero-order chi connectivity index (χ0) is 21.0. The Morgan fingerprint density at radius 1 is 0.966 bits per heavy atom. The van der Waals surface area contributed by atoms with Gasteiger partial charge in [0.1, 0.15) is 10.0 Å². The summed E-state index contributed by atoms with van der Waals surface area (Å²) in [5, 5.41) is 18.7. The zero-order valence-electron chi connectivity index (χ0n) is 15.3. The molecule has 2 aromatic heterocycles. The molecule has 0 unspecified atom stereocenters. The van der Waals surface area contributed by atoms with Crippen LogP contribution >= 0.6 is 22.7 Å². The summed E-state index contributed by atoms with van der Waals surface area (Å²) in [6.45, 7) is 0. The number of carbonyl (C=O) groups is 4. The molecule has 10 heteroatoms. The van der Waals surface area contributed by atoms with Gasteiger partial charge in [0, 0.05) is 0 Å². The molecule has 1 aliphatic rings. The van der Waals surface area contributed by atoms with Gasteiger partial charge in [-0.2, -0.15) is 0 Å². The molecule has 0 saturated carbocycles. The lowest BCUT2D eigenvalue weighted by Gasteiger charge is -2.24. The zero-order valence-corrected chi connectivity index (χ0v) is 17.0. The molecule has 1 aliphatic carbocycles. The summed E-state index contributed by atoms with van der Waals surface area (Å²) in [6, 6.07) is 3.10. The standard InChI is InChI=1S/C19H18N2O6S2/c1-27-19(26)13-7-9-29-17(13)21-15(23)12-6-8-28-16(12)20-14(22)10-4-2-3-5-11(10)18(24)25/h2-3,6-11H,4-5H2,1H3,(H,20,22)(H,21,23)(H,24,25)/t10-,11-/m0/s1. The van der Waals surface area contributed by atoms with Crippen LogP contribution in [0.3, 0.4) is 0 Å². The van der Waals surface area contributed by atoms with Gasteiger partial charge in [-0.3, -0.25) is 14.4 Å². The topological polar surface area (TPSA) is 122 Å². The smallest absolute Gasteiger partial charge is 0.340 e. The van der Waals surface area contributed by atoms with Gasteiger partial charge in [0.2, 0.25) is 5.91 Å². The van der Waals surface area contributed by atoms with Gasteiger partial charge in [0.25, 0.3) is 5.91 Å². The van der Waals surface area contributed by atoms with Crippen LogP contribution in [0.5, 0.6) is 0 Å². The number of rotatable bonds is 6. The molecule has 0 aromatic carbocycles. The molecule has 3 N–H and O–H groups in total. The van der Waals surface area contributed by atoms with E-state index >= 15 is 0 Å². The lowest BCUT2D eigenvalue weighted by atomic mass is 9.82. The molecule has 152 valence electrons. The Morgan fingerprint density at radius 2 is 1.55 bits per heavy atom. The number of nitrogens with one attached hydrogen (secondary N) is 2. The third-order valence-corrected chi connectivity index (χ3v) is 6.19. The highest BCUT2D eigenvalue weighted by Crippen LogP contribution is 2.31. The van der Waals surface area contributed by atoms with Crippen molar-refractivity contribution in [2.45, 2.75) is 12.8 Å². The minimum atomic E-state index is -1.02. The molecular formula is C19H18N2O6S2. The fourth-order valence-electron chi connectivity index (χ4n) is 3.01. The molecule has 0 fully saturated rings. The first kappa shape index (κ1) is 20.7. The number of carboxylic acid groups (broad SMARTS) is 1. The van der Waals surface area contributed by atoms with E-state index in [9.17, 15) is 24.3 Å². The molecule has 0 aliphatic heterocycles. The first-order chi connectivity index (χ1) is 13.9. The Hall–Kier alpha value is -2.98. The van der Waals surface area contributed by atoms with Crippen LogP contribution in [-0.4, -0.2) is 36.0 Å². The Balaban J connectivity index is 1.74. The van der Waals surface area contributed by atoms with E-state index in [4.69, 9.17) is 0 Å². The van der Waals surface area contributed by atoms with E-state index in [1.165, 1.54) is 18.4 Å². The van der Waals surface area contributed by atoms with Gasteiger partial charge >= 0.3 is 11.9 Å². The summed E-state index contributed by atoms with van der Waals surface area (Å²) in [7, 11) is 1.25. The average Bonchev–Trinajstić information content (AvgIpc) is 3.36. The van der Waals surface area contributed by atoms with Gasteiger partial charge < -0.3 is 20.5 Å². The number of esters is 1. The largest absolute Gasteiger partial charge is 0.481 e. The number of carboxylic acids is 1. The molecular weight excluding hydrogens is 416 g/mol. The number of ether oxygens (including phenoxy) is 1. The number of aliphatic carboxylic acids is 1. The third kappa shape index (κ3) is 4.54. The van der Waals surface area contributed by atoms with Crippen molar-refractivity contribution in [1.82, 2.24) is 0 Å². The second-order valence-corrected chi connectivity index (χ2v) is 8.09. The number of carbonyl (C=O) groups excluding carboxylic acids is 3. The van der Waals surface area contributed by atoms with Gasteiger partial charge in [-0.25, -0.2) is 4.79 Å². The maximum atomic E-state index is 12.7.